The van der Waals surface area contributed by atoms with E-state index in [1.54, 1.807) is 0 Å². The van der Waals surface area contributed by atoms with E-state index >= 15 is 0 Å². The maximum absolute atomic E-state index is 5.77. The van der Waals surface area contributed by atoms with Crippen LogP contribution in [0.1, 0.15) is 58.4 Å². The van der Waals surface area contributed by atoms with Crippen LogP contribution in [0.5, 0.6) is 5.75 Å². The topological polar surface area (TPSA) is 35.2 Å². The Labute approximate surface area is 118 Å². The van der Waals surface area contributed by atoms with Gasteiger partial charge in [0.15, 0.2) is 0 Å². The zero-order chi connectivity index (χ0) is 14.3. The molecule has 2 heteroatoms. The van der Waals surface area contributed by atoms with Crippen molar-refractivity contribution in [3.05, 3.63) is 29.8 Å². The van der Waals surface area contributed by atoms with Gasteiger partial charge in [-0.25, -0.2) is 0 Å². The first-order valence-corrected chi connectivity index (χ1v) is 7.41. The Morgan fingerprint density at radius 3 is 2.37 bits per heavy atom. The molecule has 0 spiro atoms. The largest absolute Gasteiger partial charge is 0.494 e. The number of hydrogen-bond donors (Lipinski definition) is 1. The number of nitrogens with two attached hydrogens (primary N) is 1. The molecule has 0 aliphatic rings. The lowest BCUT2D eigenvalue weighted by Crippen LogP contribution is -2.23. The van der Waals surface area contributed by atoms with Gasteiger partial charge in [0.1, 0.15) is 5.75 Å². The first-order valence-electron chi connectivity index (χ1n) is 7.41. The molecule has 1 atom stereocenters. The van der Waals surface area contributed by atoms with Crippen LogP contribution in [0.3, 0.4) is 0 Å². The second-order valence-electron chi connectivity index (χ2n) is 6.20. The molecule has 1 unspecified atom stereocenters. The predicted octanol–water partition coefficient (Wildman–Crippen LogP) is 4.34. The van der Waals surface area contributed by atoms with Gasteiger partial charge < -0.3 is 10.5 Å². The summed E-state index contributed by atoms with van der Waals surface area (Å²) in [6.07, 6.45) is 3.33. The lowest BCUT2D eigenvalue weighted by Gasteiger charge is -2.21. The molecule has 19 heavy (non-hydrogen) atoms. The average Bonchev–Trinajstić information content (AvgIpc) is 2.43. The number of hydrogen-bond acceptors (Lipinski definition) is 2. The van der Waals surface area contributed by atoms with Gasteiger partial charge in [-0.3, -0.25) is 0 Å². The number of rotatable bonds is 8. The maximum atomic E-state index is 5.77. The van der Waals surface area contributed by atoms with Gasteiger partial charge in [-0.05, 0) is 54.8 Å². The van der Waals surface area contributed by atoms with E-state index in [0.29, 0.717) is 5.92 Å². The minimum atomic E-state index is 0.226. The van der Waals surface area contributed by atoms with E-state index in [2.05, 4.69) is 52.0 Å². The molecule has 0 saturated carbocycles. The van der Waals surface area contributed by atoms with Crippen molar-refractivity contribution < 1.29 is 4.74 Å². The van der Waals surface area contributed by atoms with Crippen molar-refractivity contribution in [2.45, 2.75) is 52.9 Å². The van der Waals surface area contributed by atoms with E-state index in [9.17, 15) is 0 Å². The lowest BCUT2D eigenvalue weighted by molar-refractivity contribution is 0.261. The lowest BCUT2D eigenvalue weighted by atomic mass is 9.88. The van der Waals surface area contributed by atoms with E-state index in [4.69, 9.17) is 10.5 Å². The molecule has 0 aromatic heterocycles. The smallest absolute Gasteiger partial charge is 0.119 e. The van der Waals surface area contributed by atoms with Gasteiger partial charge in [0.05, 0.1) is 6.61 Å². The molecule has 0 radical (unpaired) electrons. The van der Waals surface area contributed by atoms with Gasteiger partial charge in [0, 0.05) is 0 Å². The van der Waals surface area contributed by atoms with Crippen molar-refractivity contribution in [3.63, 3.8) is 0 Å². The summed E-state index contributed by atoms with van der Waals surface area (Å²) in [5, 5.41) is 0. The molecule has 0 aliphatic heterocycles. The van der Waals surface area contributed by atoms with Gasteiger partial charge in [-0.1, -0.05) is 39.8 Å². The molecular formula is C17H29NO. The van der Waals surface area contributed by atoms with Gasteiger partial charge in [-0.15, -0.1) is 0 Å². The van der Waals surface area contributed by atoms with Crippen LogP contribution >= 0.6 is 0 Å². The van der Waals surface area contributed by atoms with Crippen molar-refractivity contribution in [2.24, 2.45) is 11.1 Å². The molecule has 2 nitrogen and oxygen atoms in total. The molecule has 0 saturated heterocycles. The third-order valence-corrected chi connectivity index (χ3v) is 3.88. The molecule has 0 bridgehead atoms. The fourth-order valence-corrected chi connectivity index (χ4v) is 1.97. The summed E-state index contributed by atoms with van der Waals surface area (Å²) in [5.41, 5.74) is 7.33. The van der Waals surface area contributed by atoms with Gasteiger partial charge in [0.2, 0.25) is 0 Å². The number of benzene rings is 1. The fourth-order valence-electron chi connectivity index (χ4n) is 1.97. The minimum absolute atomic E-state index is 0.226. The summed E-state index contributed by atoms with van der Waals surface area (Å²) < 4.78 is 5.77. The van der Waals surface area contributed by atoms with Gasteiger partial charge in [-0.2, -0.15) is 0 Å². The summed E-state index contributed by atoms with van der Waals surface area (Å²) in [6, 6.07) is 8.51. The van der Waals surface area contributed by atoms with E-state index in [0.717, 1.165) is 31.7 Å². The SMILES string of the molecule is CCC(C)c1ccc(OCCCC(C)(C)CN)cc1. The van der Waals surface area contributed by atoms with Crippen LogP contribution in [0, 0.1) is 5.41 Å². The molecule has 0 fully saturated rings. The van der Waals surface area contributed by atoms with Gasteiger partial charge >= 0.3 is 0 Å². The molecule has 1 aromatic rings. The third kappa shape index (κ3) is 5.65. The van der Waals surface area contributed by atoms with Crippen molar-refractivity contribution in [3.8, 4) is 5.75 Å². The Kier molecular flexibility index (Phi) is 6.36. The molecular weight excluding hydrogens is 234 g/mol. The van der Waals surface area contributed by atoms with Crippen LogP contribution in [-0.4, -0.2) is 13.2 Å². The van der Waals surface area contributed by atoms with Crippen LogP contribution < -0.4 is 10.5 Å². The Bertz CT molecular complexity index is 356. The average molecular weight is 263 g/mol. The Morgan fingerprint density at radius 1 is 1.21 bits per heavy atom. The second-order valence-corrected chi connectivity index (χ2v) is 6.20. The Morgan fingerprint density at radius 2 is 1.84 bits per heavy atom. The predicted molar refractivity (Wildman–Crippen MR) is 82.7 cm³/mol. The minimum Gasteiger partial charge on any atom is -0.494 e. The highest BCUT2D eigenvalue weighted by molar-refractivity contribution is 5.29. The monoisotopic (exact) mass is 263 g/mol. The van der Waals surface area contributed by atoms with E-state index < -0.39 is 0 Å². The van der Waals surface area contributed by atoms with Crippen LogP contribution in [0.25, 0.3) is 0 Å². The summed E-state index contributed by atoms with van der Waals surface area (Å²) in [4.78, 5) is 0. The highest BCUT2D eigenvalue weighted by Crippen LogP contribution is 2.23. The second kappa shape index (κ2) is 7.54. The molecule has 1 rings (SSSR count). The summed E-state index contributed by atoms with van der Waals surface area (Å²) >= 11 is 0. The molecule has 0 aliphatic carbocycles. The highest BCUT2D eigenvalue weighted by Gasteiger charge is 2.14. The first-order chi connectivity index (χ1) is 8.98. The fraction of sp³-hybridized carbons (Fsp3) is 0.647. The zero-order valence-electron chi connectivity index (χ0n) is 12.9. The molecule has 0 amide bonds. The first kappa shape index (κ1) is 16.0. The third-order valence-electron chi connectivity index (χ3n) is 3.88. The van der Waals surface area contributed by atoms with Crippen molar-refractivity contribution in [2.75, 3.05) is 13.2 Å². The van der Waals surface area contributed by atoms with E-state index in [1.807, 2.05) is 0 Å². The number of ether oxygens (including phenoxy) is 1. The molecule has 1 aromatic carbocycles. The van der Waals surface area contributed by atoms with E-state index in [-0.39, 0.29) is 5.41 Å². The van der Waals surface area contributed by atoms with Crippen molar-refractivity contribution >= 4 is 0 Å². The van der Waals surface area contributed by atoms with Gasteiger partial charge in [0.25, 0.3) is 0 Å². The molecule has 108 valence electrons. The zero-order valence-corrected chi connectivity index (χ0v) is 12.9. The summed E-state index contributed by atoms with van der Waals surface area (Å²) in [6.45, 7) is 10.4. The van der Waals surface area contributed by atoms with Crippen molar-refractivity contribution in [1.29, 1.82) is 0 Å². The van der Waals surface area contributed by atoms with Crippen molar-refractivity contribution in [1.82, 2.24) is 0 Å². The summed E-state index contributed by atoms with van der Waals surface area (Å²) in [5.74, 6) is 1.59. The van der Waals surface area contributed by atoms with Crippen LogP contribution in [0.2, 0.25) is 0 Å². The van der Waals surface area contributed by atoms with Crippen LogP contribution in [-0.2, 0) is 0 Å². The van der Waals surface area contributed by atoms with Crippen LogP contribution in [0.15, 0.2) is 24.3 Å². The Hall–Kier alpha value is -1.02. The Balaban J connectivity index is 2.34. The van der Waals surface area contributed by atoms with Crippen LogP contribution in [0.4, 0.5) is 0 Å². The molecule has 0 heterocycles. The summed E-state index contributed by atoms with van der Waals surface area (Å²) in [7, 11) is 0. The highest BCUT2D eigenvalue weighted by atomic mass is 16.5. The van der Waals surface area contributed by atoms with E-state index in [1.165, 1.54) is 12.0 Å². The standard InChI is InChI=1S/C17H29NO/c1-5-14(2)15-7-9-16(10-8-15)19-12-6-11-17(3,4)13-18/h7-10,14H,5-6,11-13,18H2,1-4H3. The normalized spacial score (nSPS) is 13.3. The quantitative estimate of drug-likeness (QED) is 0.708. The molecule has 2 N–H and O–H groups in total. The maximum Gasteiger partial charge on any atom is 0.119 e.